The van der Waals surface area contributed by atoms with Gasteiger partial charge in [-0.3, -0.25) is 4.79 Å². The fourth-order valence-electron chi connectivity index (χ4n) is 2.57. The van der Waals surface area contributed by atoms with Gasteiger partial charge >= 0.3 is 5.68 Å². The van der Waals surface area contributed by atoms with Gasteiger partial charge in [-0.25, -0.2) is 4.57 Å². The smallest absolute Gasteiger partial charge is 0.310 e. The van der Waals surface area contributed by atoms with Crippen molar-refractivity contribution in [3.8, 4) is 5.69 Å². The van der Waals surface area contributed by atoms with Crippen LogP contribution in [0.1, 0.15) is 0 Å². The lowest BCUT2D eigenvalue weighted by atomic mass is 10.2. The number of rotatable bonds is 2. The predicted octanol–water partition coefficient (Wildman–Crippen LogP) is 3.82. The van der Waals surface area contributed by atoms with Gasteiger partial charge in [0.1, 0.15) is 5.58 Å². The van der Waals surface area contributed by atoms with Crippen LogP contribution < -0.4 is 11.2 Å². The summed E-state index contributed by atoms with van der Waals surface area (Å²) in [7, 11) is 0. The van der Waals surface area contributed by atoms with Crippen molar-refractivity contribution in [3.05, 3.63) is 101 Å². The number of para-hydroxylation sites is 3. The standard InChI is InChI=1S/C20H14N2O2/c23-19-17-13-7-8-14-18(17)24-20(21-15-9-3-1-4-10-15)22(19)16-11-5-2-6-12-16/h1-14H. The quantitative estimate of drug-likeness (QED) is 0.565. The van der Waals surface area contributed by atoms with Crippen molar-refractivity contribution in [2.24, 2.45) is 4.99 Å². The summed E-state index contributed by atoms with van der Waals surface area (Å²) in [4.78, 5) is 17.5. The second-order valence-electron chi connectivity index (χ2n) is 5.30. The normalized spacial score (nSPS) is 11.8. The number of nitrogens with zero attached hydrogens (tertiary/aromatic N) is 2. The molecular formula is C20H14N2O2. The Balaban J connectivity index is 2.12. The van der Waals surface area contributed by atoms with Crippen LogP contribution >= 0.6 is 0 Å². The average molecular weight is 314 g/mol. The molecule has 4 aromatic rings. The van der Waals surface area contributed by atoms with Crippen LogP contribution in [-0.4, -0.2) is 4.57 Å². The SMILES string of the molecule is O=c1c2ccccc2oc(=Nc2ccccc2)n1-c1ccccc1. The molecule has 4 nitrogen and oxygen atoms in total. The highest BCUT2D eigenvalue weighted by Gasteiger charge is 2.10. The Labute approximate surface area is 138 Å². The predicted molar refractivity (Wildman–Crippen MR) is 93.5 cm³/mol. The fourth-order valence-corrected chi connectivity index (χ4v) is 2.57. The zero-order chi connectivity index (χ0) is 16.4. The molecule has 116 valence electrons. The van der Waals surface area contributed by atoms with Crippen molar-refractivity contribution in [2.45, 2.75) is 0 Å². The lowest BCUT2D eigenvalue weighted by Crippen LogP contribution is -2.31. The molecule has 1 aromatic heterocycles. The molecule has 24 heavy (non-hydrogen) atoms. The molecule has 0 aliphatic carbocycles. The summed E-state index contributed by atoms with van der Waals surface area (Å²) in [6.45, 7) is 0. The second-order valence-corrected chi connectivity index (χ2v) is 5.30. The molecule has 0 unspecified atom stereocenters. The Morgan fingerprint density at radius 2 is 1.38 bits per heavy atom. The highest BCUT2D eigenvalue weighted by atomic mass is 16.3. The number of hydrogen-bond acceptors (Lipinski definition) is 3. The summed E-state index contributed by atoms with van der Waals surface area (Å²) in [6.07, 6.45) is 0. The van der Waals surface area contributed by atoms with E-state index in [-0.39, 0.29) is 11.2 Å². The molecule has 0 fully saturated rings. The number of benzene rings is 3. The van der Waals surface area contributed by atoms with Crippen LogP contribution in [0.4, 0.5) is 5.69 Å². The Hall–Kier alpha value is -3.40. The van der Waals surface area contributed by atoms with Crippen LogP contribution in [0.2, 0.25) is 0 Å². The average Bonchev–Trinajstić information content (AvgIpc) is 2.64. The minimum Gasteiger partial charge on any atom is -0.424 e. The summed E-state index contributed by atoms with van der Waals surface area (Å²) in [5.41, 5.74) is 2.05. The van der Waals surface area contributed by atoms with Crippen molar-refractivity contribution in [1.29, 1.82) is 0 Å². The molecule has 0 spiro atoms. The lowest BCUT2D eigenvalue weighted by molar-refractivity contribution is 0.486. The molecule has 0 saturated heterocycles. The van der Waals surface area contributed by atoms with Gasteiger partial charge in [0, 0.05) is 0 Å². The maximum absolute atomic E-state index is 13.0. The lowest BCUT2D eigenvalue weighted by Gasteiger charge is -2.07. The Kier molecular flexibility index (Phi) is 3.56. The van der Waals surface area contributed by atoms with Crippen LogP contribution in [0.25, 0.3) is 16.7 Å². The molecule has 0 aliphatic heterocycles. The number of aromatic nitrogens is 1. The van der Waals surface area contributed by atoms with Crippen LogP contribution in [0.5, 0.6) is 0 Å². The van der Waals surface area contributed by atoms with Gasteiger partial charge in [-0.2, -0.15) is 4.99 Å². The van der Waals surface area contributed by atoms with E-state index in [9.17, 15) is 4.79 Å². The van der Waals surface area contributed by atoms with Crippen molar-refractivity contribution in [1.82, 2.24) is 4.57 Å². The van der Waals surface area contributed by atoms with E-state index in [0.29, 0.717) is 16.7 Å². The first-order valence-corrected chi connectivity index (χ1v) is 7.63. The van der Waals surface area contributed by atoms with Crippen molar-refractivity contribution >= 4 is 16.7 Å². The van der Waals surface area contributed by atoms with E-state index in [1.165, 1.54) is 4.57 Å². The maximum Gasteiger partial charge on any atom is 0.310 e. The Bertz CT molecular complexity index is 1110. The van der Waals surface area contributed by atoms with E-state index >= 15 is 0 Å². The topological polar surface area (TPSA) is 47.5 Å². The van der Waals surface area contributed by atoms with E-state index in [1.54, 1.807) is 12.1 Å². The summed E-state index contributed by atoms with van der Waals surface area (Å²) in [5, 5.41) is 0.522. The number of hydrogen-bond donors (Lipinski definition) is 0. The molecule has 3 aromatic carbocycles. The monoisotopic (exact) mass is 314 g/mol. The minimum absolute atomic E-state index is 0.155. The van der Waals surface area contributed by atoms with Crippen molar-refractivity contribution < 1.29 is 4.42 Å². The van der Waals surface area contributed by atoms with Gasteiger partial charge in [0.2, 0.25) is 0 Å². The van der Waals surface area contributed by atoms with E-state index in [2.05, 4.69) is 4.99 Å². The van der Waals surface area contributed by atoms with Gasteiger partial charge in [0.25, 0.3) is 5.56 Å². The first kappa shape index (κ1) is 14.2. The molecule has 1 heterocycles. The van der Waals surface area contributed by atoms with Gasteiger partial charge in [-0.05, 0) is 36.4 Å². The van der Waals surface area contributed by atoms with Crippen LogP contribution in [-0.2, 0) is 0 Å². The number of fused-ring (bicyclic) bond motifs is 1. The third kappa shape index (κ3) is 2.54. The molecular weight excluding hydrogens is 300 g/mol. The summed E-state index contributed by atoms with van der Waals surface area (Å²) >= 11 is 0. The van der Waals surface area contributed by atoms with Crippen LogP contribution in [0.3, 0.4) is 0 Å². The molecule has 0 atom stereocenters. The molecule has 0 N–H and O–H groups in total. The van der Waals surface area contributed by atoms with Crippen molar-refractivity contribution in [2.75, 3.05) is 0 Å². The molecule has 4 rings (SSSR count). The molecule has 4 heteroatoms. The molecule has 0 bridgehead atoms. The third-order valence-corrected chi connectivity index (χ3v) is 3.71. The molecule has 0 radical (unpaired) electrons. The first-order valence-electron chi connectivity index (χ1n) is 7.63. The second kappa shape index (κ2) is 6.01. The van der Waals surface area contributed by atoms with Gasteiger partial charge in [0.05, 0.1) is 16.8 Å². The zero-order valence-electron chi connectivity index (χ0n) is 12.8. The zero-order valence-corrected chi connectivity index (χ0v) is 12.8. The van der Waals surface area contributed by atoms with Gasteiger partial charge in [0.15, 0.2) is 0 Å². The Morgan fingerprint density at radius 1 is 0.750 bits per heavy atom. The van der Waals surface area contributed by atoms with Gasteiger partial charge in [-0.15, -0.1) is 0 Å². The fraction of sp³-hybridized carbons (Fsp3) is 0. The maximum atomic E-state index is 13.0. The summed E-state index contributed by atoms with van der Waals surface area (Å²) in [5.74, 6) is 0. The third-order valence-electron chi connectivity index (χ3n) is 3.71. The molecule has 0 saturated carbocycles. The van der Waals surface area contributed by atoms with E-state index in [0.717, 1.165) is 5.69 Å². The van der Waals surface area contributed by atoms with Gasteiger partial charge < -0.3 is 4.42 Å². The van der Waals surface area contributed by atoms with E-state index in [4.69, 9.17) is 4.42 Å². The largest absolute Gasteiger partial charge is 0.424 e. The molecule has 0 amide bonds. The van der Waals surface area contributed by atoms with E-state index < -0.39 is 0 Å². The minimum atomic E-state index is -0.155. The molecule has 0 aliphatic rings. The summed E-state index contributed by atoms with van der Waals surface area (Å²) < 4.78 is 7.42. The van der Waals surface area contributed by atoms with Crippen LogP contribution in [0, 0.1) is 0 Å². The first-order chi connectivity index (χ1) is 11.8. The van der Waals surface area contributed by atoms with Gasteiger partial charge in [-0.1, -0.05) is 48.5 Å². The van der Waals surface area contributed by atoms with Crippen molar-refractivity contribution in [3.63, 3.8) is 0 Å². The highest BCUT2D eigenvalue weighted by Crippen LogP contribution is 2.12. The van der Waals surface area contributed by atoms with E-state index in [1.807, 2.05) is 72.8 Å². The Morgan fingerprint density at radius 3 is 2.12 bits per heavy atom. The summed E-state index contributed by atoms with van der Waals surface area (Å²) in [6, 6.07) is 26.0. The highest BCUT2D eigenvalue weighted by molar-refractivity contribution is 5.75. The van der Waals surface area contributed by atoms with Crippen LogP contribution in [0.15, 0.2) is 99.1 Å².